The largest absolute Gasteiger partial charge is 0.396 e. The maximum Gasteiger partial charge on any atom is 0.0629 e. The van der Waals surface area contributed by atoms with Crippen LogP contribution in [0.1, 0.15) is 0 Å². The molecule has 0 aromatic rings. The lowest BCUT2D eigenvalue weighted by molar-refractivity contribution is -0.103. The quantitative estimate of drug-likeness (QED) is 0.0463. The minimum Gasteiger partial charge on any atom is -0.396 e. The fraction of sp³-hybridized carbons (Fsp3) is 1.00. The molecule has 0 aromatic carbocycles. The number of hydrogen-bond donors (Lipinski definition) is 16. The molecule has 0 unspecified atom stereocenters. The van der Waals surface area contributed by atoms with E-state index in [4.69, 9.17) is 91.2 Å². The van der Waals surface area contributed by atoms with Crippen LogP contribution < -0.4 is 0 Å². The van der Waals surface area contributed by atoms with Crippen molar-refractivity contribution in [3.63, 3.8) is 0 Å². The van der Waals surface area contributed by atoms with Crippen molar-refractivity contribution in [2.75, 3.05) is 132 Å². The zero-order chi connectivity index (χ0) is 34.1. The van der Waals surface area contributed by atoms with Crippen molar-refractivity contribution < 1.29 is 91.2 Å². The van der Waals surface area contributed by atoms with Gasteiger partial charge in [-0.05, 0) is 0 Å². The SMILES string of the molecule is OCC(CO)(CO)CO.OCC(CO)(CO)COCC(CO)(CO)CO.OCC(CO)(CO)COCC(CO)(CO)CO. The van der Waals surface area contributed by atoms with Gasteiger partial charge in [-0.2, -0.15) is 0 Å². The highest BCUT2D eigenvalue weighted by Gasteiger charge is 2.34. The summed E-state index contributed by atoms with van der Waals surface area (Å²) in [5.74, 6) is 0. The maximum absolute atomic E-state index is 9.03. The molecule has 0 aliphatic heterocycles. The van der Waals surface area contributed by atoms with Crippen LogP contribution >= 0.6 is 0 Å². The lowest BCUT2D eigenvalue weighted by atomic mass is 9.91. The fourth-order valence-corrected chi connectivity index (χ4v) is 2.42. The Labute approximate surface area is 250 Å². The Bertz CT molecular complexity index is 472. The van der Waals surface area contributed by atoms with Gasteiger partial charge in [-0.1, -0.05) is 0 Å². The maximum atomic E-state index is 9.03. The van der Waals surface area contributed by atoms with E-state index in [0.29, 0.717) is 0 Å². The zero-order valence-corrected chi connectivity index (χ0v) is 24.6. The molecule has 18 heteroatoms. The van der Waals surface area contributed by atoms with Gasteiger partial charge in [-0.3, -0.25) is 0 Å². The lowest BCUT2D eigenvalue weighted by Gasteiger charge is -2.31. The summed E-state index contributed by atoms with van der Waals surface area (Å²) in [6, 6.07) is 0. The van der Waals surface area contributed by atoms with E-state index in [1.165, 1.54) is 0 Å². The summed E-state index contributed by atoms with van der Waals surface area (Å²) in [7, 11) is 0. The first-order chi connectivity index (χ1) is 20.4. The van der Waals surface area contributed by atoms with Crippen LogP contribution in [-0.4, -0.2) is 214 Å². The van der Waals surface area contributed by atoms with Crippen LogP contribution in [0.25, 0.3) is 0 Å². The van der Waals surface area contributed by atoms with Crippen molar-refractivity contribution in [3.8, 4) is 0 Å². The second kappa shape index (κ2) is 25.5. The van der Waals surface area contributed by atoms with E-state index >= 15 is 0 Å². The van der Waals surface area contributed by atoms with Gasteiger partial charge in [0, 0.05) is 0 Å². The predicted octanol–water partition coefficient (Wildman–Crippen LogP) is -8.20. The van der Waals surface area contributed by atoms with Gasteiger partial charge in [0.15, 0.2) is 0 Å². The third-order valence-corrected chi connectivity index (χ3v) is 7.00. The predicted molar refractivity (Wildman–Crippen MR) is 147 cm³/mol. The van der Waals surface area contributed by atoms with Crippen molar-refractivity contribution in [2.24, 2.45) is 27.1 Å². The van der Waals surface area contributed by atoms with Crippen LogP contribution in [0.4, 0.5) is 0 Å². The molecule has 0 rings (SSSR count). The van der Waals surface area contributed by atoms with Gasteiger partial charge >= 0.3 is 0 Å². The van der Waals surface area contributed by atoms with Crippen molar-refractivity contribution >= 4 is 0 Å². The first-order valence-corrected chi connectivity index (χ1v) is 13.3. The average Bonchev–Trinajstić information content (AvgIpc) is 3.08. The monoisotopic (exact) mass is 644 g/mol. The van der Waals surface area contributed by atoms with Crippen LogP contribution in [0.3, 0.4) is 0 Å². The number of rotatable bonds is 24. The van der Waals surface area contributed by atoms with Crippen molar-refractivity contribution in [2.45, 2.75) is 0 Å². The molecule has 16 N–H and O–H groups in total. The van der Waals surface area contributed by atoms with E-state index in [1.807, 2.05) is 0 Å². The summed E-state index contributed by atoms with van der Waals surface area (Å²) in [6.07, 6.45) is 0. The lowest BCUT2D eigenvalue weighted by Crippen LogP contribution is -2.43. The molecule has 0 fully saturated rings. The van der Waals surface area contributed by atoms with Crippen LogP contribution in [0.5, 0.6) is 0 Å². The molecule has 0 bridgehead atoms. The number of aliphatic hydroxyl groups is 16. The smallest absolute Gasteiger partial charge is 0.0629 e. The highest BCUT2D eigenvalue weighted by molar-refractivity contribution is 4.81. The topological polar surface area (TPSA) is 342 Å². The van der Waals surface area contributed by atoms with Gasteiger partial charge in [0.1, 0.15) is 0 Å². The van der Waals surface area contributed by atoms with Crippen molar-refractivity contribution in [1.82, 2.24) is 0 Å². The zero-order valence-electron chi connectivity index (χ0n) is 24.6. The Balaban J connectivity index is -0.000000586. The van der Waals surface area contributed by atoms with Crippen LogP contribution in [-0.2, 0) is 9.47 Å². The number of ether oxygens (including phenoxy) is 2. The standard InChI is InChI=1S/2C10H22O7.C5H12O4/c2*11-1-9(2-12,3-13)7-17-8-10(4-14,5-15)6-16;6-1-5(2-7,3-8)4-9/h2*11-16H,1-8H2;6-9H,1-4H2. The van der Waals surface area contributed by atoms with Gasteiger partial charge in [0.05, 0.1) is 159 Å². The van der Waals surface area contributed by atoms with Gasteiger partial charge in [0.2, 0.25) is 0 Å². The van der Waals surface area contributed by atoms with E-state index in [2.05, 4.69) is 0 Å². The number of hydrogen-bond acceptors (Lipinski definition) is 18. The van der Waals surface area contributed by atoms with E-state index < -0.39 is 133 Å². The molecule has 0 aliphatic carbocycles. The molecule has 0 atom stereocenters. The van der Waals surface area contributed by atoms with E-state index in [1.54, 1.807) is 0 Å². The molecule has 0 saturated carbocycles. The molecular formula is C25H56O18. The molecule has 0 heterocycles. The molecular weight excluding hydrogens is 588 g/mol. The van der Waals surface area contributed by atoms with Crippen LogP contribution in [0, 0.1) is 27.1 Å². The summed E-state index contributed by atoms with van der Waals surface area (Å²) in [5.41, 5.74) is -5.75. The van der Waals surface area contributed by atoms with Crippen LogP contribution in [0.15, 0.2) is 0 Å². The van der Waals surface area contributed by atoms with E-state index in [9.17, 15) is 0 Å². The first kappa shape index (κ1) is 46.7. The summed E-state index contributed by atoms with van der Waals surface area (Å²) >= 11 is 0. The van der Waals surface area contributed by atoms with Crippen LogP contribution in [0.2, 0.25) is 0 Å². The Morgan fingerprint density at radius 1 is 0.209 bits per heavy atom. The second-order valence-electron chi connectivity index (χ2n) is 11.0. The third kappa shape index (κ3) is 15.9. The Hall–Kier alpha value is -0.720. The minimum atomic E-state index is -1.16. The molecule has 264 valence electrons. The molecule has 18 nitrogen and oxygen atoms in total. The normalized spacial score (nSPS) is 12.8. The summed E-state index contributed by atoms with van der Waals surface area (Å²) < 4.78 is 10.3. The van der Waals surface area contributed by atoms with Gasteiger partial charge < -0.3 is 91.2 Å². The molecule has 0 spiro atoms. The highest BCUT2D eigenvalue weighted by Crippen LogP contribution is 2.21. The summed E-state index contributed by atoms with van der Waals surface area (Å²) in [4.78, 5) is 0. The van der Waals surface area contributed by atoms with Crippen molar-refractivity contribution in [3.05, 3.63) is 0 Å². The van der Waals surface area contributed by atoms with Crippen molar-refractivity contribution in [1.29, 1.82) is 0 Å². The molecule has 0 saturated heterocycles. The number of aliphatic hydroxyl groups excluding tert-OH is 16. The molecule has 0 aliphatic rings. The van der Waals surface area contributed by atoms with Gasteiger partial charge in [-0.15, -0.1) is 0 Å². The summed E-state index contributed by atoms with van der Waals surface area (Å²) in [5, 5.41) is 142. The average molecular weight is 645 g/mol. The first-order valence-electron chi connectivity index (χ1n) is 13.3. The minimum absolute atomic E-state index is 0.141. The Morgan fingerprint density at radius 3 is 0.395 bits per heavy atom. The molecule has 0 radical (unpaired) electrons. The van der Waals surface area contributed by atoms with Gasteiger partial charge in [-0.25, -0.2) is 0 Å². The van der Waals surface area contributed by atoms with E-state index in [0.717, 1.165) is 0 Å². The second-order valence-corrected chi connectivity index (χ2v) is 11.0. The Morgan fingerprint density at radius 2 is 0.326 bits per heavy atom. The van der Waals surface area contributed by atoms with Gasteiger partial charge in [0.25, 0.3) is 0 Å². The highest BCUT2D eigenvalue weighted by atomic mass is 16.5. The van der Waals surface area contributed by atoms with E-state index in [-0.39, 0.29) is 26.4 Å². The molecule has 0 amide bonds. The molecule has 0 aromatic heterocycles. The third-order valence-electron chi connectivity index (χ3n) is 7.00. The molecule has 43 heavy (non-hydrogen) atoms. The summed E-state index contributed by atoms with van der Waals surface area (Å²) in [6.45, 7) is -7.64. The Kier molecular flexibility index (Phi) is 27.7. The fourth-order valence-electron chi connectivity index (χ4n) is 2.42.